The van der Waals surface area contributed by atoms with E-state index in [2.05, 4.69) is 474 Å². The number of hydrogen-bond acceptors (Lipinski definition) is 7. The van der Waals surface area contributed by atoms with E-state index in [1.165, 1.54) is 82.1 Å². The van der Waals surface area contributed by atoms with E-state index in [1.54, 1.807) is 0 Å². The Kier molecular flexibility index (Phi) is 21.6. The van der Waals surface area contributed by atoms with E-state index in [9.17, 15) is 0 Å². The van der Waals surface area contributed by atoms with Crippen LogP contribution in [0.5, 0.6) is 0 Å². The van der Waals surface area contributed by atoms with Crippen LogP contribution in [0.15, 0.2) is 541 Å². The van der Waals surface area contributed by atoms with Crippen LogP contribution in [0.25, 0.3) is 266 Å². The SMILES string of the molecule is c1ccc(-c2cc(-c3ccccc3)nc(-n3c4ccc(-c5ccc6c7ccccc7n(-c7ccccc7)c6c5)cc4c4cccnc43)c2)cc1.c1ccc(-c2cc(-n3c4ccc(-c5ccc6c7ccccc7n(-c7ccccc7)c6c5)cc4c4cccnc43)cc(-c3ccccc3)n2)cc1.c1ccc(-n2c3ccccc3c3ccc(-c4ccc5c(c4)c4cccnc4n5-c4cc(-c5ccccn5)cc(-c5ccccn5)c4)cc32)cc1. The van der Waals surface area contributed by atoms with Crippen LogP contribution in [0.2, 0.25) is 0 Å². The predicted molar refractivity (Wildman–Crippen MR) is 619 cm³/mol. The molecule has 0 atom stereocenters. The highest BCUT2D eigenvalue weighted by atomic mass is 15.1. The molecular weight excluding hydrogens is 1830 g/mol. The van der Waals surface area contributed by atoms with Crippen molar-refractivity contribution in [3.05, 3.63) is 541 Å². The highest BCUT2D eigenvalue weighted by Crippen LogP contribution is 2.46. The molecule has 13 aromatic heterocycles. The van der Waals surface area contributed by atoms with Crippen molar-refractivity contribution in [3.8, 4) is 135 Å². The molecule has 17 aromatic carbocycles. The van der Waals surface area contributed by atoms with Crippen LogP contribution in [0.1, 0.15) is 0 Å². The lowest BCUT2D eigenvalue weighted by Crippen LogP contribution is -2.01. The zero-order valence-electron chi connectivity index (χ0n) is 81.2. The Labute approximate surface area is 863 Å². The second-order valence-electron chi connectivity index (χ2n) is 37.9. The summed E-state index contributed by atoms with van der Waals surface area (Å²) in [7, 11) is 0. The van der Waals surface area contributed by atoms with Gasteiger partial charge in [-0.1, -0.05) is 297 Å². The van der Waals surface area contributed by atoms with Gasteiger partial charge >= 0.3 is 0 Å². The molecule has 13 nitrogen and oxygen atoms in total. The minimum Gasteiger partial charge on any atom is -0.309 e. The van der Waals surface area contributed by atoms with Crippen LogP contribution in [0.3, 0.4) is 0 Å². The van der Waals surface area contributed by atoms with Crippen molar-refractivity contribution in [1.29, 1.82) is 0 Å². The normalized spacial score (nSPS) is 11.6. The third-order valence-corrected chi connectivity index (χ3v) is 29.2. The van der Waals surface area contributed by atoms with Crippen LogP contribution in [0, 0.1) is 0 Å². The molecule has 0 aliphatic rings. The van der Waals surface area contributed by atoms with Gasteiger partial charge in [0.25, 0.3) is 0 Å². The molecule has 150 heavy (non-hydrogen) atoms. The maximum atomic E-state index is 5.27. The van der Waals surface area contributed by atoms with Crippen LogP contribution in [-0.2, 0) is 0 Å². The lowest BCUT2D eigenvalue weighted by atomic mass is 10.0. The number of fused-ring (bicyclic) bond motifs is 18. The average Bonchev–Trinajstić information content (AvgIpc) is 1.57. The largest absolute Gasteiger partial charge is 0.309 e. The summed E-state index contributed by atoms with van der Waals surface area (Å²) in [5, 5.41) is 14.3. The Morgan fingerprint density at radius 2 is 0.407 bits per heavy atom. The standard InChI is InChI=1S/2C46H30N4.C45H29N5/c1-4-13-31(14-5-1)35-28-41(32-15-6-2-7-16-32)48-45(30-35)50-43-25-23-33(27-40(43)39-20-12-26-47-46(39)50)34-22-24-38-37-19-10-11-21-42(37)49(44(38)29-34)36-17-8-3-9-18-36;1-4-13-31(14-5-1)41-29-36(30-42(48-41)32-15-6-2-7-16-32)50-44-25-23-33(27-40(44)39-20-12-26-47-46(39)50)34-22-24-38-37-19-10-11-21-43(37)49(45(38)28-34)35-17-8-3-9-18-35;1-2-11-34(12-3-1)49-42-17-5-4-13-36(42)37-20-18-31(29-44(37)49)30-19-21-43-39(28-30)38-14-10-24-48-45(38)50(43)35-26-32(40-15-6-8-22-46-40)25-33(27-35)41-16-7-9-23-47-41/h2*1-30H;1-29H. The van der Waals surface area contributed by atoms with Crippen molar-refractivity contribution in [1.82, 2.24) is 62.3 Å². The molecule has 13 heterocycles. The van der Waals surface area contributed by atoms with Crippen molar-refractivity contribution in [2.45, 2.75) is 0 Å². The van der Waals surface area contributed by atoms with Gasteiger partial charge in [0.2, 0.25) is 0 Å². The third kappa shape index (κ3) is 15.5. The smallest absolute Gasteiger partial charge is 0.146 e. The second kappa shape index (κ2) is 37.1. The van der Waals surface area contributed by atoms with E-state index in [-0.39, 0.29) is 0 Å². The summed E-state index contributed by atoms with van der Waals surface area (Å²) in [6, 6.07) is 180. The Hall–Kier alpha value is -20.4. The monoisotopic (exact) mass is 1920 g/mol. The van der Waals surface area contributed by atoms with Crippen molar-refractivity contribution in [2.75, 3.05) is 0 Å². The first-order valence-corrected chi connectivity index (χ1v) is 50.6. The summed E-state index contributed by atoms with van der Waals surface area (Å²) >= 11 is 0. The first-order valence-electron chi connectivity index (χ1n) is 50.6. The highest BCUT2D eigenvalue weighted by molar-refractivity contribution is 6.17. The summed E-state index contributed by atoms with van der Waals surface area (Å²) in [6.07, 6.45) is 9.29. The maximum absolute atomic E-state index is 5.27. The molecule has 30 rings (SSSR count). The van der Waals surface area contributed by atoms with Crippen LogP contribution in [0.4, 0.5) is 0 Å². The molecule has 0 unspecified atom stereocenters. The van der Waals surface area contributed by atoms with Crippen molar-refractivity contribution in [3.63, 3.8) is 0 Å². The van der Waals surface area contributed by atoms with Crippen LogP contribution >= 0.6 is 0 Å². The van der Waals surface area contributed by atoms with E-state index >= 15 is 0 Å². The topological polar surface area (TPSA) is 120 Å². The highest BCUT2D eigenvalue weighted by Gasteiger charge is 2.26. The zero-order chi connectivity index (χ0) is 99.1. The van der Waals surface area contributed by atoms with Gasteiger partial charge in [0.1, 0.15) is 22.8 Å². The molecule has 0 amide bonds. The molecule has 13 heteroatoms. The lowest BCUT2D eigenvalue weighted by Gasteiger charge is -2.13. The van der Waals surface area contributed by atoms with Crippen LogP contribution < -0.4 is 0 Å². The van der Waals surface area contributed by atoms with E-state index < -0.39 is 0 Å². The van der Waals surface area contributed by atoms with Gasteiger partial charge in [-0.05, 0) is 257 Å². The fourth-order valence-corrected chi connectivity index (χ4v) is 22.3. The number of nitrogens with zero attached hydrogens (tertiary/aromatic N) is 13. The lowest BCUT2D eigenvalue weighted by molar-refractivity contribution is 1.06. The molecule has 0 N–H and O–H groups in total. The van der Waals surface area contributed by atoms with Crippen LogP contribution in [-0.4, -0.2) is 62.3 Å². The van der Waals surface area contributed by atoms with Gasteiger partial charge in [0, 0.05) is 146 Å². The van der Waals surface area contributed by atoms with Gasteiger partial charge in [0.05, 0.1) is 83.8 Å². The Bertz CT molecular complexity index is 9320. The molecule has 0 saturated heterocycles. The fourth-order valence-electron chi connectivity index (χ4n) is 22.3. The zero-order valence-corrected chi connectivity index (χ0v) is 81.2. The summed E-state index contributed by atoms with van der Waals surface area (Å²) in [6.45, 7) is 0. The minimum atomic E-state index is 0.838. The molecule has 0 spiro atoms. The fraction of sp³-hybridized carbons (Fsp3) is 0. The van der Waals surface area contributed by atoms with E-state index in [0.717, 1.165) is 184 Å². The molecule has 0 fully saturated rings. The summed E-state index contributed by atoms with van der Waals surface area (Å²) in [5.74, 6) is 0.838. The molecular formula is C137H89N13. The molecule has 0 saturated carbocycles. The summed E-state index contributed by atoms with van der Waals surface area (Å²) < 4.78 is 13.9. The molecule has 0 radical (unpaired) electrons. The number of benzene rings is 17. The molecule has 702 valence electrons. The minimum absolute atomic E-state index is 0.838. The van der Waals surface area contributed by atoms with E-state index in [1.807, 2.05) is 104 Å². The number of aromatic nitrogens is 13. The van der Waals surface area contributed by atoms with Gasteiger partial charge in [0.15, 0.2) is 0 Å². The molecule has 0 aliphatic heterocycles. The molecule has 30 aromatic rings. The number of hydrogen-bond donors (Lipinski definition) is 0. The van der Waals surface area contributed by atoms with Gasteiger partial charge < -0.3 is 13.7 Å². The van der Waals surface area contributed by atoms with Gasteiger partial charge in [-0.2, -0.15) is 0 Å². The van der Waals surface area contributed by atoms with Gasteiger partial charge in [-0.15, -0.1) is 0 Å². The average molecular weight is 1920 g/mol. The first kappa shape index (κ1) is 87.4. The second-order valence-corrected chi connectivity index (χ2v) is 37.9. The Morgan fingerprint density at radius 3 is 0.780 bits per heavy atom. The van der Waals surface area contributed by atoms with Crippen molar-refractivity contribution in [2.24, 2.45) is 0 Å². The summed E-state index contributed by atoms with van der Waals surface area (Å²) in [4.78, 5) is 34.6. The van der Waals surface area contributed by atoms with Crippen molar-refractivity contribution >= 4 is 131 Å². The number of pyridine rings is 7. The Balaban J connectivity index is 0.000000108. The van der Waals surface area contributed by atoms with Gasteiger partial charge in [-0.25, -0.2) is 24.9 Å². The summed E-state index contributed by atoms with van der Waals surface area (Å²) in [5.41, 5.74) is 37.7. The quantitative estimate of drug-likeness (QED) is 0.100. The van der Waals surface area contributed by atoms with Crippen molar-refractivity contribution < 1.29 is 0 Å². The molecule has 0 aliphatic carbocycles. The number of para-hydroxylation sites is 6. The molecule has 0 bridgehead atoms. The van der Waals surface area contributed by atoms with E-state index in [0.29, 0.717) is 0 Å². The predicted octanol–water partition coefficient (Wildman–Crippen LogP) is 34.4. The van der Waals surface area contributed by atoms with E-state index in [4.69, 9.17) is 24.9 Å². The van der Waals surface area contributed by atoms with Gasteiger partial charge in [-0.3, -0.25) is 23.7 Å². The first-order chi connectivity index (χ1) is 74.4. The number of rotatable bonds is 15. The third-order valence-electron chi connectivity index (χ3n) is 29.2. The Morgan fingerprint density at radius 1 is 0.120 bits per heavy atom. The maximum Gasteiger partial charge on any atom is 0.146 e.